The van der Waals surface area contributed by atoms with Crippen molar-refractivity contribution in [2.75, 3.05) is 0 Å². The molecule has 0 aliphatic heterocycles. The quantitative estimate of drug-likeness (QED) is 0.794. The summed E-state index contributed by atoms with van der Waals surface area (Å²) < 4.78 is 5.37. The molecular formula is C9H16ClNO. The SMILES string of the molecule is CCCC(N)c1ccc(C)o1.Cl. The fraction of sp³-hybridized carbons (Fsp3) is 0.556. The molecule has 0 spiro atoms. The second kappa shape index (κ2) is 5.22. The van der Waals surface area contributed by atoms with Crippen molar-refractivity contribution in [3.8, 4) is 0 Å². The minimum absolute atomic E-state index is 0. The highest BCUT2D eigenvalue weighted by Gasteiger charge is 2.07. The van der Waals surface area contributed by atoms with Crippen molar-refractivity contribution in [2.24, 2.45) is 5.73 Å². The van der Waals surface area contributed by atoms with Crippen LogP contribution in [0.2, 0.25) is 0 Å². The highest BCUT2D eigenvalue weighted by molar-refractivity contribution is 5.85. The van der Waals surface area contributed by atoms with Crippen LogP contribution in [0.25, 0.3) is 0 Å². The van der Waals surface area contributed by atoms with Crippen molar-refractivity contribution >= 4 is 12.4 Å². The monoisotopic (exact) mass is 189 g/mol. The van der Waals surface area contributed by atoms with Gasteiger partial charge in [-0.15, -0.1) is 12.4 Å². The molecule has 0 saturated heterocycles. The first-order chi connectivity index (χ1) is 5.24. The van der Waals surface area contributed by atoms with Crippen molar-refractivity contribution in [1.82, 2.24) is 0 Å². The van der Waals surface area contributed by atoms with E-state index in [9.17, 15) is 0 Å². The van der Waals surface area contributed by atoms with E-state index in [1.165, 1.54) is 0 Å². The first kappa shape index (κ1) is 11.5. The van der Waals surface area contributed by atoms with Crippen molar-refractivity contribution < 1.29 is 4.42 Å². The minimum atomic E-state index is 0. The molecular weight excluding hydrogens is 174 g/mol. The number of hydrogen-bond acceptors (Lipinski definition) is 2. The summed E-state index contributed by atoms with van der Waals surface area (Å²) in [5.74, 6) is 1.84. The summed E-state index contributed by atoms with van der Waals surface area (Å²) in [4.78, 5) is 0. The van der Waals surface area contributed by atoms with E-state index < -0.39 is 0 Å². The van der Waals surface area contributed by atoms with Gasteiger partial charge in [-0.1, -0.05) is 13.3 Å². The first-order valence-corrected chi connectivity index (χ1v) is 4.06. The molecule has 1 unspecified atom stereocenters. The van der Waals surface area contributed by atoms with Crippen LogP contribution in [0.5, 0.6) is 0 Å². The number of hydrogen-bond donors (Lipinski definition) is 1. The van der Waals surface area contributed by atoms with Gasteiger partial charge in [0.05, 0.1) is 6.04 Å². The molecule has 2 N–H and O–H groups in total. The Morgan fingerprint density at radius 1 is 1.50 bits per heavy atom. The van der Waals surface area contributed by atoms with Crippen LogP contribution in [0.3, 0.4) is 0 Å². The third-order valence-corrected chi connectivity index (χ3v) is 1.73. The van der Waals surface area contributed by atoms with E-state index >= 15 is 0 Å². The molecule has 0 fully saturated rings. The summed E-state index contributed by atoms with van der Waals surface area (Å²) in [6, 6.07) is 3.98. The topological polar surface area (TPSA) is 39.2 Å². The lowest BCUT2D eigenvalue weighted by Crippen LogP contribution is -2.08. The van der Waals surface area contributed by atoms with Gasteiger partial charge in [-0.3, -0.25) is 0 Å². The van der Waals surface area contributed by atoms with Gasteiger partial charge >= 0.3 is 0 Å². The summed E-state index contributed by atoms with van der Waals surface area (Å²) >= 11 is 0. The van der Waals surface area contributed by atoms with Crippen LogP contribution < -0.4 is 5.73 Å². The third-order valence-electron chi connectivity index (χ3n) is 1.73. The van der Waals surface area contributed by atoms with Gasteiger partial charge < -0.3 is 10.2 Å². The molecule has 1 aromatic heterocycles. The second-order valence-electron chi connectivity index (χ2n) is 2.84. The van der Waals surface area contributed by atoms with Crippen molar-refractivity contribution in [3.05, 3.63) is 23.7 Å². The number of rotatable bonds is 3. The molecule has 0 amide bonds. The van der Waals surface area contributed by atoms with Gasteiger partial charge in [0.2, 0.25) is 0 Å². The van der Waals surface area contributed by atoms with Crippen LogP contribution in [0.1, 0.15) is 37.3 Å². The maximum atomic E-state index is 5.83. The van der Waals surface area contributed by atoms with Gasteiger partial charge in [0.15, 0.2) is 0 Å². The van der Waals surface area contributed by atoms with Gasteiger partial charge in [0, 0.05) is 0 Å². The van der Waals surface area contributed by atoms with E-state index in [0.29, 0.717) is 0 Å². The zero-order chi connectivity index (χ0) is 8.27. The number of aryl methyl sites for hydroxylation is 1. The predicted octanol–water partition coefficient (Wildman–Crippen LogP) is 2.81. The zero-order valence-electron chi connectivity index (χ0n) is 7.54. The Morgan fingerprint density at radius 2 is 2.17 bits per heavy atom. The van der Waals surface area contributed by atoms with Crippen LogP contribution in [0.4, 0.5) is 0 Å². The van der Waals surface area contributed by atoms with E-state index in [1.54, 1.807) is 0 Å². The van der Waals surface area contributed by atoms with Gasteiger partial charge in [0.25, 0.3) is 0 Å². The fourth-order valence-corrected chi connectivity index (χ4v) is 1.11. The Hall–Kier alpha value is -0.470. The van der Waals surface area contributed by atoms with Crippen LogP contribution in [-0.4, -0.2) is 0 Å². The Labute approximate surface area is 79.5 Å². The highest BCUT2D eigenvalue weighted by Crippen LogP contribution is 2.17. The molecule has 2 nitrogen and oxygen atoms in total. The van der Waals surface area contributed by atoms with E-state index in [4.69, 9.17) is 10.2 Å². The zero-order valence-corrected chi connectivity index (χ0v) is 8.36. The smallest absolute Gasteiger partial charge is 0.120 e. The molecule has 0 aromatic carbocycles. The summed E-state index contributed by atoms with van der Waals surface area (Å²) in [6.45, 7) is 4.05. The molecule has 0 aliphatic rings. The Morgan fingerprint density at radius 3 is 2.58 bits per heavy atom. The molecule has 0 aliphatic carbocycles. The van der Waals surface area contributed by atoms with Gasteiger partial charge in [0.1, 0.15) is 11.5 Å². The Bertz CT molecular complexity index is 222. The number of halogens is 1. The van der Waals surface area contributed by atoms with Crippen LogP contribution in [-0.2, 0) is 0 Å². The van der Waals surface area contributed by atoms with Crippen LogP contribution in [0, 0.1) is 6.92 Å². The molecule has 0 saturated carbocycles. The summed E-state index contributed by atoms with van der Waals surface area (Å²) in [5.41, 5.74) is 5.83. The van der Waals surface area contributed by atoms with E-state index in [1.807, 2.05) is 19.1 Å². The third kappa shape index (κ3) is 2.88. The molecule has 1 aromatic rings. The van der Waals surface area contributed by atoms with Crippen molar-refractivity contribution in [1.29, 1.82) is 0 Å². The lowest BCUT2D eigenvalue weighted by Gasteiger charge is -2.05. The first-order valence-electron chi connectivity index (χ1n) is 4.06. The number of nitrogens with two attached hydrogens (primary N) is 1. The lowest BCUT2D eigenvalue weighted by atomic mass is 10.1. The summed E-state index contributed by atoms with van der Waals surface area (Å²) in [6.07, 6.45) is 2.09. The van der Waals surface area contributed by atoms with E-state index in [2.05, 4.69) is 6.92 Å². The Kier molecular flexibility index (Phi) is 5.02. The average Bonchev–Trinajstić information content (AvgIpc) is 2.36. The molecule has 0 radical (unpaired) electrons. The molecule has 12 heavy (non-hydrogen) atoms. The maximum absolute atomic E-state index is 5.83. The number of furan rings is 1. The van der Waals surface area contributed by atoms with Crippen molar-refractivity contribution in [2.45, 2.75) is 32.7 Å². The largest absolute Gasteiger partial charge is 0.465 e. The highest BCUT2D eigenvalue weighted by atomic mass is 35.5. The van der Waals surface area contributed by atoms with Gasteiger partial charge in [-0.05, 0) is 25.5 Å². The van der Waals surface area contributed by atoms with Gasteiger partial charge in [-0.2, -0.15) is 0 Å². The van der Waals surface area contributed by atoms with Crippen LogP contribution in [0.15, 0.2) is 16.5 Å². The average molecular weight is 190 g/mol. The Balaban J connectivity index is 0.00000121. The summed E-state index contributed by atoms with van der Waals surface area (Å²) in [7, 11) is 0. The van der Waals surface area contributed by atoms with Crippen LogP contribution >= 0.6 is 12.4 Å². The molecule has 1 heterocycles. The molecule has 0 bridgehead atoms. The molecule has 70 valence electrons. The van der Waals surface area contributed by atoms with Crippen molar-refractivity contribution in [3.63, 3.8) is 0 Å². The minimum Gasteiger partial charge on any atom is -0.465 e. The van der Waals surface area contributed by atoms with E-state index in [0.717, 1.165) is 24.4 Å². The van der Waals surface area contributed by atoms with Gasteiger partial charge in [-0.25, -0.2) is 0 Å². The molecule has 3 heteroatoms. The normalized spacial score (nSPS) is 12.2. The fourth-order valence-electron chi connectivity index (χ4n) is 1.11. The second-order valence-corrected chi connectivity index (χ2v) is 2.84. The summed E-state index contributed by atoms with van der Waals surface area (Å²) in [5, 5.41) is 0. The van der Waals surface area contributed by atoms with E-state index in [-0.39, 0.29) is 18.4 Å². The molecule has 1 rings (SSSR count). The maximum Gasteiger partial charge on any atom is 0.120 e. The standard InChI is InChI=1S/C9H15NO.ClH/c1-3-4-8(10)9-6-5-7(2)11-9;/h5-6,8H,3-4,10H2,1-2H3;1H. The lowest BCUT2D eigenvalue weighted by molar-refractivity contribution is 0.433. The molecule has 1 atom stereocenters. The predicted molar refractivity (Wildman–Crippen MR) is 52.5 cm³/mol.